The van der Waals surface area contributed by atoms with Gasteiger partial charge in [0, 0.05) is 30.1 Å². The third kappa shape index (κ3) is 5.88. The van der Waals surface area contributed by atoms with Gasteiger partial charge in [-0.15, -0.1) is 0 Å². The highest BCUT2D eigenvalue weighted by Crippen LogP contribution is 2.14. The van der Waals surface area contributed by atoms with E-state index in [0.29, 0.717) is 28.3 Å². The summed E-state index contributed by atoms with van der Waals surface area (Å²) in [4.78, 5) is 42.7. The van der Waals surface area contributed by atoms with E-state index >= 15 is 0 Å². The fourth-order valence-electron chi connectivity index (χ4n) is 3.56. The quantitative estimate of drug-likeness (QED) is 0.404. The van der Waals surface area contributed by atoms with Crippen LogP contribution in [0.2, 0.25) is 5.02 Å². The summed E-state index contributed by atoms with van der Waals surface area (Å²) in [6, 6.07) is 23.4. The predicted octanol–water partition coefficient (Wildman–Crippen LogP) is 3.94. The number of nitrogens with zero attached hydrogens (tertiary/aromatic N) is 2. The summed E-state index contributed by atoms with van der Waals surface area (Å²) in [7, 11) is 0. The molecule has 0 atom stereocenters. The molecule has 3 aromatic carbocycles. The molecule has 0 fully saturated rings. The number of amides is 2. The minimum Gasteiger partial charge on any atom is -0.352 e. The van der Waals surface area contributed by atoms with Gasteiger partial charge in [0.05, 0.1) is 11.0 Å². The van der Waals surface area contributed by atoms with Crippen LogP contribution in [0.1, 0.15) is 17.7 Å². The molecule has 0 saturated carbocycles. The summed E-state index contributed by atoms with van der Waals surface area (Å²) in [5.74, 6) is -0.530. The molecule has 7 nitrogen and oxygen atoms in total. The van der Waals surface area contributed by atoms with Gasteiger partial charge in [0.1, 0.15) is 12.2 Å². The monoisotopic (exact) mass is 474 g/mol. The molecule has 34 heavy (non-hydrogen) atoms. The summed E-state index contributed by atoms with van der Waals surface area (Å²) < 4.78 is 1.39. The van der Waals surface area contributed by atoms with Crippen LogP contribution in [0.25, 0.3) is 11.0 Å². The Balaban J connectivity index is 1.49. The molecule has 1 aromatic heterocycles. The van der Waals surface area contributed by atoms with Gasteiger partial charge in [0.2, 0.25) is 11.8 Å². The van der Waals surface area contributed by atoms with Crippen molar-refractivity contribution in [2.24, 2.45) is 0 Å². The number of aromatic nitrogens is 2. The van der Waals surface area contributed by atoms with Gasteiger partial charge in [0.25, 0.3) is 5.56 Å². The average molecular weight is 475 g/mol. The van der Waals surface area contributed by atoms with Gasteiger partial charge in [-0.1, -0.05) is 54.1 Å². The van der Waals surface area contributed by atoms with Gasteiger partial charge in [-0.05, 0) is 42.0 Å². The van der Waals surface area contributed by atoms with E-state index in [1.54, 1.807) is 42.5 Å². The van der Waals surface area contributed by atoms with Crippen molar-refractivity contribution in [2.45, 2.75) is 25.9 Å². The second kappa shape index (κ2) is 10.8. The molecule has 0 aliphatic rings. The summed E-state index contributed by atoms with van der Waals surface area (Å²) in [5.41, 5.74) is 2.57. The molecule has 4 aromatic rings. The number of nitrogens with one attached hydrogen (secondary N) is 2. The number of fused-ring (bicyclic) bond motifs is 1. The van der Waals surface area contributed by atoms with Crippen molar-refractivity contribution in [1.82, 2.24) is 14.9 Å². The number of hydrogen-bond donors (Lipinski definition) is 2. The van der Waals surface area contributed by atoms with Gasteiger partial charge in [-0.2, -0.15) is 0 Å². The molecule has 172 valence electrons. The fraction of sp³-hybridized carbons (Fsp3) is 0.154. The molecule has 4 rings (SSSR count). The van der Waals surface area contributed by atoms with Crippen LogP contribution in [0.5, 0.6) is 0 Å². The molecule has 2 N–H and O–H groups in total. The van der Waals surface area contributed by atoms with E-state index in [9.17, 15) is 14.4 Å². The molecule has 2 amide bonds. The standard InChI is InChI=1S/C26H23ClN4O3/c27-19-10-12-20(13-11-19)29-25(33)17-31-23-9-5-4-8-21(23)30-22(26(31)34)14-15-24(32)28-16-18-6-2-1-3-7-18/h1-13H,14-17H2,(H,28,32)(H,29,33). The Kier molecular flexibility index (Phi) is 7.34. The minimum absolute atomic E-state index is 0.115. The van der Waals surface area contributed by atoms with Crippen LogP contribution in [0.3, 0.4) is 0 Å². The Morgan fingerprint density at radius 1 is 0.882 bits per heavy atom. The second-order valence-corrected chi connectivity index (χ2v) is 8.19. The number of aryl methyl sites for hydroxylation is 1. The first kappa shape index (κ1) is 23.2. The normalized spacial score (nSPS) is 10.7. The maximum Gasteiger partial charge on any atom is 0.273 e. The van der Waals surface area contributed by atoms with Crippen molar-refractivity contribution >= 4 is 40.1 Å². The van der Waals surface area contributed by atoms with Crippen LogP contribution in [0, 0.1) is 0 Å². The molecular weight excluding hydrogens is 452 g/mol. The minimum atomic E-state index is -0.388. The molecule has 0 bridgehead atoms. The van der Waals surface area contributed by atoms with Gasteiger partial charge < -0.3 is 10.6 Å². The Hall–Kier alpha value is -3.97. The lowest BCUT2D eigenvalue weighted by Gasteiger charge is -2.13. The highest BCUT2D eigenvalue weighted by Gasteiger charge is 2.15. The Labute approximate surface area is 201 Å². The second-order valence-electron chi connectivity index (χ2n) is 7.76. The summed E-state index contributed by atoms with van der Waals surface area (Å²) in [6.45, 7) is 0.234. The zero-order valence-electron chi connectivity index (χ0n) is 18.3. The topological polar surface area (TPSA) is 93.1 Å². The Morgan fingerprint density at radius 3 is 2.35 bits per heavy atom. The van der Waals surface area contributed by atoms with Crippen molar-refractivity contribution in [2.75, 3.05) is 5.32 Å². The zero-order valence-corrected chi connectivity index (χ0v) is 19.1. The lowest BCUT2D eigenvalue weighted by molar-refractivity contribution is -0.121. The van der Waals surface area contributed by atoms with Crippen LogP contribution < -0.4 is 16.2 Å². The van der Waals surface area contributed by atoms with Gasteiger partial charge in [-0.25, -0.2) is 4.98 Å². The van der Waals surface area contributed by atoms with Crippen molar-refractivity contribution in [3.05, 3.63) is 105 Å². The molecule has 0 aliphatic heterocycles. The molecule has 0 aliphatic carbocycles. The lowest BCUT2D eigenvalue weighted by Crippen LogP contribution is -2.32. The lowest BCUT2D eigenvalue weighted by atomic mass is 10.2. The highest BCUT2D eigenvalue weighted by molar-refractivity contribution is 6.30. The molecule has 8 heteroatoms. The highest BCUT2D eigenvalue weighted by atomic mass is 35.5. The third-order valence-corrected chi connectivity index (χ3v) is 5.52. The van der Waals surface area contributed by atoms with Crippen molar-refractivity contribution in [1.29, 1.82) is 0 Å². The molecule has 1 heterocycles. The number of para-hydroxylation sites is 2. The summed E-state index contributed by atoms with van der Waals surface area (Å²) in [5, 5.41) is 6.19. The molecule has 0 saturated heterocycles. The van der Waals surface area contributed by atoms with E-state index < -0.39 is 0 Å². The Morgan fingerprint density at radius 2 is 1.59 bits per heavy atom. The number of carbonyl (C=O) groups excluding carboxylic acids is 2. The molecule has 0 spiro atoms. The van der Waals surface area contributed by atoms with Crippen LogP contribution >= 0.6 is 11.6 Å². The van der Waals surface area contributed by atoms with Gasteiger partial charge in [-0.3, -0.25) is 19.0 Å². The van der Waals surface area contributed by atoms with E-state index in [0.717, 1.165) is 5.56 Å². The smallest absolute Gasteiger partial charge is 0.273 e. The summed E-state index contributed by atoms with van der Waals surface area (Å²) >= 11 is 5.89. The van der Waals surface area contributed by atoms with E-state index in [1.165, 1.54) is 4.57 Å². The van der Waals surface area contributed by atoms with E-state index in [1.807, 2.05) is 36.4 Å². The number of benzene rings is 3. The van der Waals surface area contributed by atoms with Crippen LogP contribution in [-0.2, 0) is 29.1 Å². The van der Waals surface area contributed by atoms with Crippen LogP contribution in [0.15, 0.2) is 83.7 Å². The predicted molar refractivity (Wildman–Crippen MR) is 133 cm³/mol. The first-order valence-electron chi connectivity index (χ1n) is 10.8. The zero-order chi connectivity index (χ0) is 23.9. The van der Waals surface area contributed by atoms with Gasteiger partial charge >= 0.3 is 0 Å². The molecule has 0 unspecified atom stereocenters. The van der Waals surface area contributed by atoms with Crippen LogP contribution in [-0.4, -0.2) is 21.4 Å². The number of hydrogen-bond acceptors (Lipinski definition) is 4. The summed E-state index contributed by atoms with van der Waals surface area (Å²) in [6.07, 6.45) is 0.285. The first-order valence-corrected chi connectivity index (χ1v) is 11.2. The van der Waals surface area contributed by atoms with E-state index in [4.69, 9.17) is 11.6 Å². The Bertz CT molecular complexity index is 1370. The van der Waals surface area contributed by atoms with Crippen molar-refractivity contribution < 1.29 is 9.59 Å². The van der Waals surface area contributed by atoms with E-state index in [-0.39, 0.29) is 42.5 Å². The fourth-order valence-corrected chi connectivity index (χ4v) is 3.69. The average Bonchev–Trinajstić information content (AvgIpc) is 2.85. The number of halogens is 1. The van der Waals surface area contributed by atoms with Crippen molar-refractivity contribution in [3.8, 4) is 0 Å². The molecular formula is C26H23ClN4O3. The van der Waals surface area contributed by atoms with Crippen LogP contribution in [0.4, 0.5) is 5.69 Å². The number of anilines is 1. The van der Waals surface area contributed by atoms with Gasteiger partial charge in [0.15, 0.2) is 0 Å². The van der Waals surface area contributed by atoms with Crippen molar-refractivity contribution in [3.63, 3.8) is 0 Å². The number of carbonyl (C=O) groups is 2. The third-order valence-electron chi connectivity index (χ3n) is 5.27. The molecule has 0 radical (unpaired) electrons. The maximum atomic E-state index is 13.2. The van der Waals surface area contributed by atoms with E-state index in [2.05, 4.69) is 15.6 Å². The SMILES string of the molecule is O=C(CCc1nc2ccccc2n(CC(=O)Nc2ccc(Cl)cc2)c1=O)NCc1ccccc1. The maximum absolute atomic E-state index is 13.2. The number of rotatable bonds is 8. The first-order chi connectivity index (χ1) is 16.5. The largest absolute Gasteiger partial charge is 0.352 e.